The molecule has 0 fully saturated rings. The highest BCUT2D eigenvalue weighted by Gasteiger charge is 2.15. The Bertz CT molecular complexity index is 1380. The number of nitrogens with one attached hydrogen (secondary N) is 2. The maximum atomic E-state index is 5.91. The quantitative estimate of drug-likeness (QED) is 0.188. The average molecular weight is 544 g/mol. The van der Waals surface area contributed by atoms with Crippen molar-refractivity contribution in [2.24, 2.45) is 0 Å². The van der Waals surface area contributed by atoms with Gasteiger partial charge in [0.05, 0.1) is 27.0 Å². The fourth-order valence-electron chi connectivity index (χ4n) is 4.22. The minimum absolute atomic E-state index is 0.442. The van der Waals surface area contributed by atoms with E-state index in [0.717, 1.165) is 47.9 Å². The lowest BCUT2D eigenvalue weighted by atomic mass is 10.1. The van der Waals surface area contributed by atoms with Crippen LogP contribution in [0.1, 0.15) is 13.8 Å². The Labute approximate surface area is 236 Å². The van der Waals surface area contributed by atoms with Crippen LogP contribution in [0, 0.1) is 0 Å². The molecule has 0 saturated heterocycles. The zero-order chi connectivity index (χ0) is 28.3. The van der Waals surface area contributed by atoms with E-state index >= 15 is 0 Å². The van der Waals surface area contributed by atoms with Crippen LogP contribution in [0.3, 0.4) is 0 Å². The zero-order valence-corrected chi connectivity index (χ0v) is 23.7. The Hall–Kier alpha value is -4.50. The number of aromatic nitrogens is 2. The molecule has 0 saturated carbocycles. The lowest BCUT2D eigenvalue weighted by Gasteiger charge is -2.18. The number of hydrogen-bond donors (Lipinski definition) is 2. The SMILES string of the molecule is CCN(CC)CCOc1ccc(Nc2ncc(-c3ccc(OC)c(OC)c3)c(Nc3ccccc3OC)n2)cc1. The summed E-state index contributed by atoms with van der Waals surface area (Å²) in [6.45, 7) is 7.89. The van der Waals surface area contributed by atoms with Gasteiger partial charge in [0.15, 0.2) is 11.5 Å². The zero-order valence-electron chi connectivity index (χ0n) is 23.7. The number of likely N-dealkylation sites (N-methyl/N-ethyl adjacent to an activating group) is 1. The van der Waals surface area contributed by atoms with Crippen LogP contribution in [0.15, 0.2) is 72.9 Å². The summed E-state index contributed by atoms with van der Waals surface area (Å²) in [5.74, 6) is 3.82. The van der Waals surface area contributed by atoms with E-state index in [1.54, 1.807) is 27.5 Å². The van der Waals surface area contributed by atoms with Crippen molar-refractivity contribution in [1.82, 2.24) is 14.9 Å². The molecule has 9 nitrogen and oxygen atoms in total. The monoisotopic (exact) mass is 543 g/mol. The van der Waals surface area contributed by atoms with Crippen LogP contribution >= 0.6 is 0 Å². The van der Waals surface area contributed by atoms with Crippen LogP contribution in [0.2, 0.25) is 0 Å². The van der Waals surface area contributed by atoms with Crippen LogP contribution in [-0.4, -0.2) is 62.4 Å². The maximum Gasteiger partial charge on any atom is 0.229 e. The van der Waals surface area contributed by atoms with Gasteiger partial charge in [0, 0.05) is 24.0 Å². The second-order valence-corrected chi connectivity index (χ2v) is 8.88. The number of para-hydroxylation sites is 2. The molecule has 0 amide bonds. The Morgan fingerprint density at radius 1 is 0.775 bits per heavy atom. The predicted octanol–water partition coefficient (Wildman–Crippen LogP) is 6.38. The lowest BCUT2D eigenvalue weighted by molar-refractivity contribution is 0.223. The van der Waals surface area contributed by atoms with Crippen molar-refractivity contribution >= 4 is 23.1 Å². The van der Waals surface area contributed by atoms with Crippen molar-refractivity contribution in [3.8, 4) is 34.1 Å². The predicted molar refractivity (Wildman–Crippen MR) is 160 cm³/mol. The summed E-state index contributed by atoms with van der Waals surface area (Å²) in [5.41, 5.74) is 3.28. The van der Waals surface area contributed by atoms with Crippen LogP contribution in [0.25, 0.3) is 11.1 Å². The molecule has 2 N–H and O–H groups in total. The van der Waals surface area contributed by atoms with Gasteiger partial charge in [-0.2, -0.15) is 4.98 Å². The summed E-state index contributed by atoms with van der Waals surface area (Å²) in [6.07, 6.45) is 1.78. The maximum absolute atomic E-state index is 5.91. The summed E-state index contributed by atoms with van der Waals surface area (Å²) in [4.78, 5) is 11.8. The first-order valence-corrected chi connectivity index (χ1v) is 13.3. The second-order valence-electron chi connectivity index (χ2n) is 8.88. The Morgan fingerprint density at radius 2 is 1.50 bits per heavy atom. The Morgan fingerprint density at radius 3 is 2.20 bits per heavy atom. The van der Waals surface area contributed by atoms with E-state index in [0.29, 0.717) is 35.6 Å². The molecule has 0 aliphatic rings. The molecule has 4 aromatic rings. The minimum atomic E-state index is 0.442. The van der Waals surface area contributed by atoms with Crippen LogP contribution < -0.4 is 29.6 Å². The molecule has 0 bridgehead atoms. The molecule has 0 aliphatic carbocycles. The van der Waals surface area contributed by atoms with Gasteiger partial charge in [0.25, 0.3) is 0 Å². The summed E-state index contributed by atoms with van der Waals surface area (Å²) in [5, 5.41) is 6.72. The molecule has 1 heterocycles. The van der Waals surface area contributed by atoms with E-state index in [2.05, 4.69) is 34.4 Å². The van der Waals surface area contributed by atoms with Crippen molar-refractivity contribution < 1.29 is 18.9 Å². The van der Waals surface area contributed by atoms with Crippen molar-refractivity contribution in [2.75, 3.05) is 58.2 Å². The number of ether oxygens (including phenoxy) is 4. The third-order valence-corrected chi connectivity index (χ3v) is 6.52. The normalized spacial score (nSPS) is 10.8. The highest BCUT2D eigenvalue weighted by Crippen LogP contribution is 2.37. The molecule has 4 rings (SSSR count). The number of benzene rings is 3. The van der Waals surface area contributed by atoms with Gasteiger partial charge in [0.1, 0.15) is 23.9 Å². The highest BCUT2D eigenvalue weighted by molar-refractivity contribution is 5.81. The molecule has 0 unspecified atom stereocenters. The minimum Gasteiger partial charge on any atom is -0.495 e. The number of nitrogens with zero attached hydrogens (tertiary/aromatic N) is 3. The van der Waals surface area contributed by atoms with Gasteiger partial charge in [-0.1, -0.05) is 32.0 Å². The summed E-state index contributed by atoms with van der Waals surface area (Å²) < 4.78 is 22.4. The highest BCUT2D eigenvalue weighted by atomic mass is 16.5. The van der Waals surface area contributed by atoms with Gasteiger partial charge in [-0.15, -0.1) is 0 Å². The van der Waals surface area contributed by atoms with E-state index in [9.17, 15) is 0 Å². The number of rotatable bonds is 14. The van der Waals surface area contributed by atoms with Gasteiger partial charge in [-0.25, -0.2) is 4.98 Å². The Balaban J connectivity index is 1.59. The molecule has 0 radical (unpaired) electrons. The molecule has 0 spiro atoms. The molecule has 0 aliphatic heterocycles. The number of hydrogen-bond acceptors (Lipinski definition) is 9. The molecule has 1 aromatic heterocycles. The molecule has 210 valence electrons. The van der Waals surface area contributed by atoms with Gasteiger partial charge in [-0.05, 0) is 67.2 Å². The van der Waals surface area contributed by atoms with E-state index in [-0.39, 0.29) is 0 Å². The molecule has 3 aromatic carbocycles. The van der Waals surface area contributed by atoms with E-state index in [1.165, 1.54) is 0 Å². The first-order chi connectivity index (χ1) is 19.6. The van der Waals surface area contributed by atoms with Crippen LogP contribution in [0.5, 0.6) is 23.0 Å². The van der Waals surface area contributed by atoms with Crippen molar-refractivity contribution in [2.45, 2.75) is 13.8 Å². The van der Waals surface area contributed by atoms with Crippen molar-refractivity contribution in [3.05, 3.63) is 72.9 Å². The Kier molecular flexibility index (Phi) is 10.0. The van der Waals surface area contributed by atoms with Crippen LogP contribution in [-0.2, 0) is 0 Å². The van der Waals surface area contributed by atoms with Gasteiger partial charge < -0.3 is 34.5 Å². The number of methoxy groups -OCH3 is 3. The summed E-state index contributed by atoms with van der Waals surface area (Å²) >= 11 is 0. The van der Waals surface area contributed by atoms with E-state index in [1.807, 2.05) is 66.7 Å². The molecule has 40 heavy (non-hydrogen) atoms. The van der Waals surface area contributed by atoms with E-state index in [4.69, 9.17) is 23.9 Å². The molecule has 0 atom stereocenters. The third kappa shape index (κ3) is 7.12. The largest absolute Gasteiger partial charge is 0.495 e. The van der Waals surface area contributed by atoms with Gasteiger partial charge in [-0.3, -0.25) is 0 Å². The molecular weight excluding hydrogens is 506 g/mol. The first kappa shape index (κ1) is 28.5. The lowest BCUT2D eigenvalue weighted by Crippen LogP contribution is -2.27. The van der Waals surface area contributed by atoms with E-state index < -0.39 is 0 Å². The van der Waals surface area contributed by atoms with Crippen molar-refractivity contribution in [3.63, 3.8) is 0 Å². The fourth-order valence-corrected chi connectivity index (χ4v) is 4.22. The van der Waals surface area contributed by atoms with Gasteiger partial charge in [0.2, 0.25) is 5.95 Å². The fraction of sp³-hybridized carbons (Fsp3) is 0.290. The van der Waals surface area contributed by atoms with Gasteiger partial charge >= 0.3 is 0 Å². The first-order valence-electron chi connectivity index (χ1n) is 13.3. The smallest absolute Gasteiger partial charge is 0.229 e. The third-order valence-electron chi connectivity index (χ3n) is 6.52. The molecular formula is C31H37N5O4. The number of anilines is 4. The molecule has 9 heteroatoms. The standard InChI is InChI=1S/C31H37N5O4/c1-6-36(7-2)18-19-40-24-15-13-23(14-16-24)33-31-32-21-25(22-12-17-28(38-4)29(20-22)39-5)30(35-31)34-26-10-8-9-11-27(26)37-3/h8-17,20-21H,6-7,18-19H2,1-5H3,(H2,32,33,34,35). The second kappa shape index (κ2) is 14.0. The average Bonchev–Trinajstić information content (AvgIpc) is 3.00. The summed E-state index contributed by atoms with van der Waals surface area (Å²) in [7, 11) is 4.86. The summed E-state index contributed by atoms with van der Waals surface area (Å²) in [6, 6.07) is 21.2. The van der Waals surface area contributed by atoms with Crippen molar-refractivity contribution in [1.29, 1.82) is 0 Å². The topological polar surface area (TPSA) is 90.0 Å². The van der Waals surface area contributed by atoms with Crippen LogP contribution in [0.4, 0.5) is 23.1 Å².